The number of sulfone groups is 1. The van der Waals surface area contributed by atoms with E-state index in [1.54, 1.807) is 19.1 Å². The second-order valence-electron chi connectivity index (χ2n) is 6.00. The summed E-state index contributed by atoms with van der Waals surface area (Å²) in [7, 11) is -8.69. The van der Waals surface area contributed by atoms with Crippen molar-refractivity contribution >= 4 is 25.7 Å². The van der Waals surface area contributed by atoms with Crippen molar-refractivity contribution in [3.63, 3.8) is 0 Å². The highest BCUT2D eigenvalue weighted by atomic mass is 32.2. The second kappa shape index (κ2) is 7.66. The SMILES string of the molecule is C=C(OS(=O)(=O)c1ccc(C)cc1S(=O)(=O)c1ccc(C)cc1)C(=O)CC. The minimum Gasteiger partial charge on any atom is -0.376 e. The van der Waals surface area contributed by atoms with Crippen LogP contribution in [0.15, 0.2) is 69.5 Å². The fraction of sp³-hybridized carbons (Fsp3) is 0.211. The maximum Gasteiger partial charge on any atom is 0.340 e. The Morgan fingerprint density at radius 2 is 1.48 bits per heavy atom. The molecule has 0 aliphatic rings. The van der Waals surface area contributed by atoms with Gasteiger partial charge in [0, 0.05) is 6.42 Å². The monoisotopic (exact) mass is 408 g/mol. The van der Waals surface area contributed by atoms with Gasteiger partial charge in [0.1, 0.15) is 4.90 Å². The fourth-order valence-electron chi connectivity index (χ4n) is 2.30. The van der Waals surface area contributed by atoms with Gasteiger partial charge in [0.05, 0.1) is 9.79 Å². The second-order valence-corrected chi connectivity index (χ2v) is 9.44. The van der Waals surface area contributed by atoms with Gasteiger partial charge in [-0.25, -0.2) is 8.42 Å². The molecule has 0 unspecified atom stereocenters. The lowest BCUT2D eigenvalue weighted by atomic mass is 10.2. The lowest BCUT2D eigenvalue weighted by Gasteiger charge is -2.13. The molecule has 2 aromatic rings. The van der Waals surface area contributed by atoms with Crippen molar-refractivity contribution in [2.45, 2.75) is 41.9 Å². The Balaban J connectivity index is 2.63. The number of ketones is 1. The number of carbonyl (C=O) groups excluding carboxylic acids is 1. The highest BCUT2D eigenvalue weighted by Crippen LogP contribution is 2.30. The van der Waals surface area contributed by atoms with Gasteiger partial charge in [-0.05, 0) is 43.7 Å². The largest absolute Gasteiger partial charge is 0.376 e. The van der Waals surface area contributed by atoms with Gasteiger partial charge in [0.15, 0.2) is 11.5 Å². The fourth-order valence-corrected chi connectivity index (χ4v) is 5.34. The van der Waals surface area contributed by atoms with E-state index in [2.05, 4.69) is 6.58 Å². The van der Waals surface area contributed by atoms with E-state index in [-0.39, 0.29) is 11.3 Å². The van der Waals surface area contributed by atoms with Crippen LogP contribution in [-0.2, 0) is 28.9 Å². The molecule has 0 heterocycles. The first-order valence-corrected chi connectivity index (χ1v) is 11.0. The molecule has 0 spiro atoms. The van der Waals surface area contributed by atoms with E-state index in [1.807, 2.05) is 6.92 Å². The van der Waals surface area contributed by atoms with Gasteiger partial charge in [-0.1, -0.05) is 37.3 Å². The number of Topliss-reactive ketones (excluding diaryl/α,β-unsaturated/α-hetero) is 1. The number of rotatable bonds is 7. The Morgan fingerprint density at radius 1 is 0.926 bits per heavy atom. The van der Waals surface area contributed by atoms with Crippen LogP contribution in [0.2, 0.25) is 0 Å². The van der Waals surface area contributed by atoms with Gasteiger partial charge in [-0.15, -0.1) is 0 Å². The van der Waals surface area contributed by atoms with E-state index < -0.39 is 41.3 Å². The first kappa shape index (κ1) is 20.9. The molecule has 0 amide bonds. The van der Waals surface area contributed by atoms with Gasteiger partial charge in [-0.3, -0.25) is 4.79 Å². The molecule has 0 bridgehead atoms. The molecule has 0 aliphatic carbocycles. The van der Waals surface area contributed by atoms with Gasteiger partial charge in [-0.2, -0.15) is 8.42 Å². The molecule has 6 nitrogen and oxygen atoms in total. The van der Waals surface area contributed by atoms with Crippen LogP contribution < -0.4 is 0 Å². The van der Waals surface area contributed by atoms with Crippen molar-refractivity contribution < 1.29 is 25.8 Å². The quantitative estimate of drug-likeness (QED) is 0.396. The normalized spacial score (nSPS) is 11.8. The van der Waals surface area contributed by atoms with Crippen molar-refractivity contribution in [1.82, 2.24) is 0 Å². The topological polar surface area (TPSA) is 94.6 Å². The Hall–Kier alpha value is -2.45. The molecular formula is C19H20O6S2. The zero-order valence-corrected chi connectivity index (χ0v) is 16.9. The van der Waals surface area contributed by atoms with Gasteiger partial charge < -0.3 is 4.18 Å². The van der Waals surface area contributed by atoms with Crippen LogP contribution >= 0.6 is 0 Å². The number of hydrogen-bond acceptors (Lipinski definition) is 6. The summed E-state index contributed by atoms with van der Waals surface area (Å²) in [4.78, 5) is 10.6. The van der Waals surface area contributed by atoms with Crippen molar-refractivity contribution in [2.75, 3.05) is 0 Å². The summed E-state index contributed by atoms with van der Waals surface area (Å²) in [6.45, 7) is 8.30. The maximum absolute atomic E-state index is 13.0. The van der Waals surface area contributed by atoms with Gasteiger partial charge in [0.2, 0.25) is 9.84 Å². The first-order chi connectivity index (χ1) is 12.5. The number of allylic oxidation sites excluding steroid dienone is 1. The standard InChI is InChI=1S/C19H20O6S2/c1-5-17(20)15(4)25-27(23,24)18-11-8-14(3)12-19(18)26(21,22)16-9-6-13(2)7-10-16/h6-12H,4-5H2,1-3H3. The molecule has 2 aromatic carbocycles. The van der Waals surface area contributed by atoms with Crippen LogP contribution in [0.25, 0.3) is 0 Å². The van der Waals surface area contributed by atoms with Crippen LogP contribution in [0.5, 0.6) is 0 Å². The number of aryl methyl sites for hydroxylation is 2. The summed E-state index contributed by atoms with van der Waals surface area (Å²) < 4.78 is 56.1. The predicted octanol–water partition coefficient (Wildman–Crippen LogP) is 3.33. The van der Waals surface area contributed by atoms with Crippen molar-refractivity contribution in [3.8, 4) is 0 Å². The van der Waals surface area contributed by atoms with Crippen molar-refractivity contribution in [3.05, 3.63) is 65.9 Å². The van der Waals surface area contributed by atoms with Crippen molar-refractivity contribution in [2.24, 2.45) is 0 Å². The summed E-state index contributed by atoms with van der Waals surface area (Å²) in [5, 5.41) is 0. The first-order valence-electron chi connectivity index (χ1n) is 8.08. The molecule has 27 heavy (non-hydrogen) atoms. The summed E-state index contributed by atoms with van der Waals surface area (Å²) in [5.41, 5.74) is 1.42. The molecule has 144 valence electrons. The number of hydrogen-bond donors (Lipinski definition) is 0. The van der Waals surface area contributed by atoms with Crippen LogP contribution in [0.1, 0.15) is 24.5 Å². The maximum atomic E-state index is 13.0. The smallest absolute Gasteiger partial charge is 0.340 e. The molecule has 0 N–H and O–H groups in total. The molecule has 0 fully saturated rings. The molecule has 0 saturated carbocycles. The minimum absolute atomic E-state index is 0.0107. The highest BCUT2D eigenvalue weighted by molar-refractivity contribution is 7.93. The molecular weight excluding hydrogens is 388 g/mol. The summed E-state index contributed by atoms with van der Waals surface area (Å²) in [6.07, 6.45) is 0.0107. The molecule has 0 aromatic heterocycles. The summed E-state index contributed by atoms with van der Waals surface area (Å²) in [5.74, 6) is -1.15. The van der Waals surface area contributed by atoms with Crippen LogP contribution in [-0.4, -0.2) is 22.6 Å². The Morgan fingerprint density at radius 3 is 2.04 bits per heavy atom. The Kier molecular flexibility index (Phi) is 5.91. The zero-order valence-electron chi connectivity index (χ0n) is 15.2. The van der Waals surface area contributed by atoms with Crippen LogP contribution in [0.3, 0.4) is 0 Å². The van der Waals surface area contributed by atoms with E-state index in [0.717, 1.165) is 11.6 Å². The lowest BCUT2D eigenvalue weighted by Crippen LogP contribution is -2.15. The summed E-state index contributed by atoms with van der Waals surface area (Å²) in [6, 6.07) is 9.91. The predicted molar refractivity (Wildman–Crippen MR) is 101 cm³/mol. The molecule has 2 rings (SSSR count). The van der Waals surface area contributed by atoms with Crippen molar-refractivity contribution in [1.29, 1.82) is 0 Å². The van der Waals surface area contributed by atoms with E-state index in [4.69, 9.17) is 4.18 Å². The third-order valence-corrected chi connectivity index (χ3v) is 7.09. The third-order valence-electron chi connectivity index (χ3n) is 3.83. The number of benzene rings is 2. The van der Waals surface area contributed by atoms with E-state index in [0.29, 0.717) is 5.56 Å². The van der Waals surface area contributed by atoms with Gasteiger partial charge in [0.25, 0.3) is 0 Å². The Labute approximate surface area is 159 Å². The molecule has 0 aliphatic heterocycles. The van der Waals surface area contributed by atoms with E-state index in [1.165, 1.54) is 31.2 Å². The average Bonchev–Trinajstić information content (AvgIpc) is 2.60. The third kappa shape index (κ3) is 4.45. The Bertz CT molecular complexity index is 1100. The average molecular weight is 408 g/mol. The molecule has 0 atom stereocenters. The molecule has 8 heteroatoms. The zero-order chi connectivity index (χ0) is 20.4. The minimum atomic E-state index is -4.56. The van der Waals surface area contributed by atoms with E-state index >= 15 is 0 Å². The summed E-state index contributed by atoms with van der Waals surface area (Å²) >= 11 is 0. The lowest BCUT2D eigenvalue weighted by molar-refractivity contribution is -0.117. The van der Waals surface area contributed by atoms with Gasteiger partial charge >= 0.3 is 10.1 Å². The van der Waals surface area contributed by atoms with E-state index in [9.17, 15) is 21.6 Å². The highest BCUT2D eigenvalue weighted by Gasteiger charge is 2.30. The van der Waals surface area contributed by atoms with Crippen LogP contribution in [0, 0.1) is 13.8 Å². The molecule has 0 radical (unpaired) electrons. The van der Waals surface area contributed by atoms with Crippen LogP contribution in [0.4, 0.5) is 0 Å². The molecule has 0 saturated heterocycles. The number of carbonyl (C=O) groups is 1.